The molecule has 0 bridgehead atoms. The molecule has 0 atom stereocenters. The number of aromatic nitrogens is 1. The predicted octanol–water partition coefficient (Wildman–Crippen LogP) is 10.6. The highest BCUT2D eigenvalue weighted by Crippen LogP contribution is 2.45. The van der Waals surface area contributed by atoms with Crippen LogP contribution in [0.5, 0.6) is 0 Å². The summed E-state index contributed by atoms with van der Waals surface area (Å²) >= 11 is 0. The summed E-state index contributed by atoms with van der Waals surface area (Å²) in [5.74, 6) is 0. The highest BCUT2D eigenvalue weighted by Gasteiger charge is 2.21. The van der Waals surface area contributed by atoms with Crippen LogP contribution in [-0.2, 0) is 0 Å². The van der Waals surface area contributed by atoms with E-state index < -0.39 is 0 Å². The fourth-order valence-corrected chi connectivity index (χ4v) is 6.15. The van der Waals surface area contributed by atoms with Gasteiger partial charge in [-0.2, -0.15) is 0 Å². The van der Waals surface area contributed by atoms with Crippen molar-refractivity contribution in [1.82, 2.24) is 4.57 Å². The van der Waals surface area contributed by atoms with Crippen LogP contribution in [0.25, 0.3) is 76.5 Å². The van der Waals surface area contributed by atoms with Gasteiger partial charge in [-0.15, -0.1) is 0 Å². The molecule has 0 saturated carbocycles. The Kier molecular flexibility index (Phi) is 4.89. The Morgan fingerprint density at radius 1 is 0.475 bits per heavy atom. The lowest BCUT2D eigenvalue weighted by Crippen LogP contribution is -1.98. The van der Waals surface area contributed by atoms with Crippen molar-refractivity contribution in [2.45, 2.75) is 0 Å². The molecule has 6 aromatic carbocycles. The summed E-state index contributed by atoms with van der Waals surface area (Å²) in [6, 6.07) is 45.9. The van der Waals surface area contributed by atoms with Gasteiger partial charge < -0.3 is 8.98 Å². The van der Waals surface area contributed by atoms with E-state index in [-0.39, 0.29) is 0 Å². The van der Waals surface area contributed by atoms with Gasteiger partial charge in [-0.1, -0.05) is 115 Å². The van der Waals surface area contributed by atoms with Crippen molar-refractivity contribution in [1.29, 1.82) is 0 Å². The minimum Gasteiger partial charge on any atom is -0.455 e. The Labute approximate surface area is 231 Å². The van der Waals surface area contributed by atoms with Crippen LogP contribution in [0.2, 0.25) is 0 Å². The second kappa shape index (κ2) is 8.73. The van der Waals surface area contributed by atoms with Gasteiger partial charge in [-0.25, -0.2) is 4.85 Å². The summed E-state index contributed by atoms with van der Waals surface area (Å²) in [6.45, 7) is 8.15. The Morgan fingerprint density at radius 2 is 1.00 bits per heavy atom. The molecule has 0 unspecified atom stereocenters. The standard InChI is InChI=1S/C37H22N2O/c1-38-32-20-11-17-29(36(32)39-33-21-7-4-14-26(33)27-15-5-8-22-34(27)39)24-12-2-3-13-25(24)30-18-10-19-31-28-16-6-9-23-35(28)40-37(30)31/h2-23H. The van der Waals surface area contributed by atoms with Crippen LogP contribution >= 0.6 is 0 Å². The molecule has 0 N–H and O–H groups in total. The minimum atomic E-state index is 0.612. The molecule has 2 aromatic heterocycles. The van der Waals surface area contributed by atoms with E-state index in [1.54, 1.807) is 0 Å². The molecule has 0 aliphatic heterocycles. The zero-order chi connectivity index (χ0) is 26.6. The molecule has 186 valence electrons. The van der Waals surface area contributed by atoms with Crippen molar-refractivity contribution < 1.29 is 4.42 Å². The lowest BCUT2D eigenvalue weighted by atomic mass is 9.92. The van der Waals surface area contributed by atoms with Gasteiger partial charge in [-0.05, 0) is 34.9 Å². The van der Waals surface area contributed by atoms with Crippen LogP contribution in [-0.4, -0.2) is 4.57 Å². The Balaban J connectivity index is 1.47. The Bertz CT molecular complexity index is 2240. The summed E-state index contributed by atoms with van der Waals surface area (Å²) in [5.41, 5.74) is 9.57. The molecule has 0 saturated heterocycles. The first-order valence-electron chi connectivity index (χ1n) is 13.3. The molecule has 0 aliphatic carbocycles. The highest BCUT2D eigenvalue weighted by molar-refractivity contribution is 6.12. The monoisotopic (exact) mass is 510 g/mol. The van der Waals surface area contributed by atoms with E-state index in [0.29, 0.717) is 5.69 Å². The van der Waals surface area contributed by atoms with Gasteiger partial charge in [0.25, 0.3) is 0 Å². The number of hydrogen-bond donors (Lipinski definition) is 0. The molecule has 0 amide bonds. The SMILES string of the molecule is [C-]#[N+]c1cccc(-c2ccccc2-c2cccc3c2oc2ccccc23)c1-n1c2ccccc2c2ccccc21. The van der Waals surface area contributed by atoms with Crippen LogP contribution in [0.3, 0.4) is 0 Å². The fraction of sp³-hybridized carbons (Fsp3) is 0. The molecule has 8 aromatic rings. The average Bonchev–Trinajstić information content (AvgIpc) is 3.57. The van der Waals surface area contributed by atoms with E-state index in [1.165, 1.54) is 10.8 Å². The first-order chi connectivity index (χ1) is 19.8. The van der Waals surface area contributed by atoms with Crippen molar-refractivity contribution in [2.75, 3.05) is 0 Å². The topological polar surface area (TPSA) is 22.4 Å². The summed E-state index contributed by atoms with van der Waals surface area (Å²) in [6.07, 6.45) is 0. The van der Waals surface area contributed by atoms with Crippen LogP contribution in [0.1, 0.15) is 0 Å². The van der Waals surface area contributed by atoms with Crippen LogP contribution in [0.4, 0.5) is 5.69 Å². The van der Waals surface area contributed by atoms with Gasteiger partial charge in [-0.3, -0.25) is 0 Å². The number of hydrogen-bond acceptors (Lipinski definition) is 1. The number of fused-ring (bicyclic) bond motifs is 6. The Morgan fingerprint density at radius 3 is 1.73 bits per heavy atom. The zero-order valence-electron chi connectivity index (χ0n) is 21.5. The van der Waals surface area contributed by atoms with E-state index in [1.807, 2.05) is 30.3 Å². The summed E-state index contributed by atoms with van der Waals surface area (Å²) in [7, 11) is 0. The third kappa shape index (κ3) is 3.17. The molecular weight excluding hydrogens is 488 g/mol. The quantitative estimate of drug-likeness (QED) is 0.217. The highest BCUT2D eigenvalue weighted by atomic mass is 16.3. The molecule has 3 nitrogen and oxygen atoms in total. The van der Waals surface area contributed by atoms with Crippen LogP contribution in [0, 0.1) is 6.57 Å². The number of furan rings is 1. The van der Waals surface area contributed by atoms with E-state index in [0.717, 1.165) is 60.9 Å². The number of rotatable bonds is 3. The molecule has 0 spiro atoms. The normalized spacial score (nSPS) is 11.5. The smallest absolute Gasteiger partial charge is 0.211 e. The maximum Gasteiger partial charge on any atom is 0.211 e. The van der Waals surface area contributed by atoms with Crippen molar-refractivity contribution in [3.63, 3.8) is 0 Å². The maximum atomic E-state index is 8.15. The summed E-state index contributed by atoms with van der Waals surface area (Å²) in [5, 5.41) is 4.55. The van der Waals surface area contributed by atoms with Gasteiger partial charge in [0, 0.05) is 27.1 Å². The van der Waals surface area contributed by atoms with Crippen molar-refractivity contribution in [2.24, 2.45) is 0 Å². The van der Waals surface area contributed by atoms with Gasteiger partial charge in [0.05, 0.1) is 23.3 Å². The largest absolute Gasteiger partial charge is 0.455 e. The van der Waals surface area contributed by atoms with E-state index in [4.69, 9.17) is 11.0 Å². The zero-order valence-corrected chi connectivity index (χ0v) is 21.5. The number of nitrogens with zero attached hydrogens (tertiary/aromatic N) is 2. The second-order valence-corrected chi connectivity index (χ2v) is 9.98. The lowest BCUT2D eigenvalue weighted by molar-refractivity contribution is 0.670. The summed E-state index contributed by atoms with van der Waals surface area (Å²) < 4.78 is 8.69. The van der Waals surface area contributed by atoms with Gasteiger partial charge in [0.15, 0.2) is 0 Å². The average molecular weight is 511 g/mol. The molecule has 2 heterocycles. The summed E-state index contributed by atoms with van der Waals surface area (Å²) in [4.78, 5) is 4.02. The first-order valence-corrected chi connectivity index (χ1v) is 13.3. The maximum absolute atomic E-state index is 8.15. The third-order valence-corrected chi connectivity index (χ3v) is 7.85. The fourth-order valence-electron chi connectivity index (χ4n) is 6.15. The van der Waals surface area contributed by atoms with E-state index in [9.17, 15) is 0 Å². The molecular formula is C37H22N2O. The number of benzene rings is 6. The molecule has 3 heteroatoms. The third-order valence-electron chi connectivity index (χ3n) is 7.85. The number of para-hydroxylation sites is 5. The van der Waals surface area contributed by atoms with Gasteiger partial charge >= 0.3 is 0 Å². The van der Waals surface area contributed by atoms with E-state index in [2.05, 4.69) is 113 Å². The molecule has 40 heavy (non-hydrogen) atoms. The molecule has 0 fully saturated rings. The molecule has 0 aliphatic rings. The second-order valence-electron chi connectivity index (χ2n) is 9.98. The van der Waals surface area contributed by atoms with E-state index >= 15 is 0 Å². The lowest BCUT2D eigenvalue weighted by Gasteiger charge is -2.18. The van der Waals surface area contributed by atoms with Crippen LogP contribution < -0.4 is 0 Å². The predicted molar refractivity (Wildman–Crippen MR) is 165 cm³/mol. The van der Waals surface area contributed by atoms with Crippen LogP contribution in [0.15, 0.2) is 138 Å². The Hall–Kier alpha value is -5.59. The van der Waals surface area contributed by atoms with Crippen molar-refractivity contribution in [3.05, 3.63) is 145 Å². The minimum absolute atomic E-state index is 0.612. The van der Waals surface area contributed by atoms with Gasteiger partial charge in [0.1, 0.15) is 11.2 Å². The van der Waals surface area contributed by atoms with Crippen molar-refractivity contribution in [3.8, 4) is 27.9 Å². The van der Waals surface area contributed by atoms with Gasteiger partial charge in [0.2, 0.25) is 5.69 Å². The van der Waals surface area contributed by atoms with Crippen molar-refractivity contribution >= 4 is 49.4 Å². The molecule has 0 radical (unpaired) electrons. The first kappa shape index (κ1) is 22.4. The molecule has 8 rings (SSSR count).